The molecule has 0 spiro atoms. The van der Waals surface area contributed by atoms with Crippen LogP contribution in [0.1, 0.15) is 0 Å². The summed E-state index contributed by atoms with van der Waals surface area (Å²) in [6.07, 6.45) is 1.45. The fraction of sp³-hybridized carbons (Fsp3) is 0.273. The van der Waals surface area contributed by atoms with Gasteiger partial charge in [0.15, 0.2) is 0 Å². The van der Waals surface area contributed by atoms with Gasteiger partial charge in [0.1, 0.15) is 18.7 Å². The third-order valence-electron chi connectivity index (χ3n) is 2.34. The summed E-state index contributed by atoms with van der Waals surface area (Å²) in [6, 6.07) is 4.97. The lowest BCUT2D eigenvalue weighted by Crippen LogP contribution is -2.25. The molecule has 0 saturated heterocycles. The number of hydrogen-bond donors (Lipinski definition) is 0. The standard InChI is InChI=1S/C11H11Cl2N3O2/c1-15-7-14-16(11(15)17)4-5-18-10-6-8(12)2-3-9(10)13/h2-3,6-7H,4-5H2,1H3. The first-order chi connectivity index (χ1) is 8.58. The molecule has 18 heavy (non-hydrogen) atoms. The number of aryl methyl sites for hydroxylation is 1. The Hall–Kier alpha value is -1.46. The summed E-state index contributed by atoms with van der Waals surface area (Å²) in [5.74, 6) is 0.494. The van der Waals surface area contributed by atoms with Gasteiger partial charge in [-0.05, 0) is 12.1 Å². The lowest BCUT2D eigenvalue weighted by atomic mass is 10.3. The smallest absolute Gasteiger partial charge is 0.345 e. The predicted molar refractivity (Wildman–Crippen MR) is 69.4 cm³/mol. The molecule has 0 N–H and O–H groups in total. The fourth-order valence-corrected chi connectivity index (χ4v) is 1.74. The lowest BCUT2D eigenvalue weighted by Gasteiger charge is -2.07. The van der Waals surface area contributed by atoms with Crippen LogP contribution < -0.4 is 10.4 Å². The SMILES string of the molecule is Cn1cnn(CCOc2cc(Cl)ccc2Cl)c1=O. The van der Waals surface area contributed by atoms with E-state index in [9.17, 15) is 4.79 Å². The fourth-order valence-electron chi connectivity index (χ4n) is 1.40. The van der Waals surface area contributed by atoms with Crippen LogP contribution in [0.4, 0.5) is 0 Å². The van der Waals surface area contributed by atoms with E-state index in [2.05, 4.69) is 5.10 Å². The van der Waals surface area contributed by atoms with Gasteiger partial charge < -0.3 is 4.74 Å². The van der Waals surface area contributed by atoms with Crippen molar-refractivity contribution in [2.45, 2.75) is 6.54 Å². The van der Waals surface area contributed by atoms with E-state index in [4.69, 9.17) is 27.9 Å². The molecule has 0 aliphatic rings. The van der Waals surface area contributed by atoms with Crippen LogP contribution in [-0.2, 0) is 13.6 Å². The molecular formula is C11H11Cl2N3O2. The third kappa shape index (κ3) is 2.86. The van der Waals surface area contributed by atoms with E-state index in [0.717, 1.165) is 0 Å². The number of benzene rings is 1. The highest BCUT2D eigenvalue weighted by molar-refractivity contribution is 6.34. The monoisotopic (exact) mass is 287 g/mol. The molecule has 0 aliphatic carbocycles. The van der Waals surface area contributed by atoms with Gasteiger partial charge in [0.05, 0.1) is 11.6 Å². The minimum absolute atomic E-state index is 0.184. The van der Waals surface area contributed by atoms with Gasteiger partial charge in [0.25, 0.3) is 0 Å². The van der Waals surface area contributed by atoms with Crippen molar-refractivity contribution >= 4 is 23.2 Å². The first kappa shape index (κ1) is 13.0. The van der Waals surface area contributed by atoms with E-state index < -0.39 is 0 Å². The zero-order valence-corrected chi connectivity index (χ0v) is 11.1. The van der Waals surface area contributed by atoms with Gasteiger partial charge in [-0.2, -0.15) is 5.10 Å². The Balaban J connectivity index is 1.98. The van der Waals surface area contributed by atoms with Gasteiger partial charge >= 0.3 is 5.69 Å². The summed E-state index contributed by atoms with van der Waals surface area (Å²) in [7, 11) is 1.64. The van der Waals surface area contributed by atoms with Gasteiger partial charge in [0, 0.05) is 18.1 Å². The largest absolute Gasteiger partial charge is 0.490 e. The summed E-state index contributed by atoms with van der Waals surface area (Å²) in [4.78, 5) is 11.5. The maximum Gasteiger partial charge on any atom is 0.345 e. The summed E-state index contributed by atoms with van der Waals surface area (Å²) in [5.41, 5.74) is -0.184. The van der Waals surface area contributed by atoms with Gasteiger partial charge in [0.2, 0.25) is 0 Å². The quantitative estimate of drug-likeness (QED) is 0.864. The van der Waals surface area contributed by atoms with Crippen molar-refractivity contribution in [2.75, 3.05) is 6.61 Å². The van der Waals surface area contributed by atoms with E-state index in [1.54, 1.807) is 25.2 Å². The van der Waals surface area contributed by atoms with Gasteiger partial charge in [-0.15, -0.1) is 0 Å². The Morgan fingerprint density at radius 2 is 2.17 bits per heavy atom. The van der Waals surface area contributed by atoms with Crippen molar-refractivity contribution in [3.05, 3.63) is 45.1 Å². The second-order valence-electron chi connectivity index (χ2n) is 3.67. The third-order valence-corrected chi connectivity index (χ3v) is 2.89. The molecular weight excluding hydrogens is 277 g/mol. The molecule has 7 heteroatoms. The zero-order valence-electron chi connectivity index (χ0n) is 9.64. The second-order valence-corrected chi connectivity index (χ2v) is 4.51. The molecule has 1 heterocycles. The van der Waals surface area contributed by atoms with Crippen molar-refractivity contribution in [1.82, 2.24) is 14.3 Å². The summed E-state index contributed by atoms with van der Waals surface area (Å²) >= 11 is 11.8. The first-order valence-corrected chi connectivity index (χ1v) is 6.00. The van der Waals surface area contributed by atoms with Crippen molar-refractivity contribution in [1.29, 1.82) is 0 Å². The van der Waals surface area contributed by atoms with Crippen LogP contribution >= 0.6 is 23.2 Å². The molecule has 0 bridgehead atoms. The molecule has 0 fully saturated rings. The van der Waals surface area contributed by atoms with Crippen LogP contribution in [0.5, 0.6) is 5.75 Å². The molecule has 1 aromatic carbocycles. The molecule has 0 unspecified atom stereocenters. The highest BCUT2D eigenvalue weighted by Crippen LogP contribution is 2.27. The summed E-state index contributed by atoms with van der Waals surface area (Å²) in [6.45, 7) is 0.638. The molecule has 1 aromatic heterocycles. The van der Waals surface area contributed by atoms with Crippen LogP contribution in [0.2, 0.25) is 10.0 Å². The van der Waals surface area contributed by atoms with Gasteiger partial charge in [-0.3, -0.25) is 4.57 Å². The van der Waals surface area contributed by atoms with Gasteiger partial charge in [-0.1, -0.05) is 23.2 Å². The Morgan fingerprint density at radius 3 is 2.83 bits per heavy atom. The molecule has 5 nitrogen and oxygen atoms in total. The Kier molecular flexibility index (Phi) is 3.93. The summed E-state index contributed by atoms with van der Waals surface area (Å²) < 4.78 is 8.17. The van der Waals surface area contributed by atoms with Crippen LogP contribution in [0.3, 0.4) is 0 Å². The molecule has 2 rings (SSSR count). The highest BCUT2D eigenvalue weighted by Gasteiger charge is 2.04. The average Bonchev–Trinajstić information content (AvgIpc) is 2.65. The first-order valence-electron chi connectivity index (χ1n) is 5.24. The van der Waals surface area contributed by atoms with E-state index in [-0.39, 0.29) is 12.3 Å². The number of ether oxygens (including phenoxy) is 1. The van der Waals surface area contributed by atoms with Crippen molar-refractivity contribution in [3.63, 3.8) is 0 Å². The Morgan fingerprint density at radius 1 is 1.39 bits per heavy atom. The van der Waals surface area contributed by atoms with E-state index in [1.807, 2.05) is 0 Å². The van der Waals surface area contributed by atoms with Crippen LogP contribution in [0, 0.1) is 0 Å². The topological polar surface area (TPSA) is 49.0 Å². The van der Waals surface area contributed by atoms with Crippen molar-refractivity contribution < 1.29 is 4.74 Å². The maximum absolute atomic E-state index is 11.5. The van der Waals surface area contributed by atoms with Crippen molar-refractivity contribution in [3.8, 4) is 5.75 Å². The maximum atomic E-state index is 11.5. The molecule has 2 aromatic rings. The zero-order chi connectivity index (χ0) is 13.1. The van der Waals surface area contributed by atoms with E-state index in [1.165, 1.54) is 15.6 Å². The molecule has 0 atom stereocenters. The minimum atomic E-state index is -0.184. The summed E-state index contributed by atoms with van der Waals surface area (Å²) in [5, 5.41) is 4.94. The normalized spacial score (nSPS) is 10.6. The van der Waals surface area contributed by atoms with E-state index in [0.29, 0.717) is 22.3 Å². The molecule has 0 aliphatic heterocycles. The van der Waals surface area contributed by atoms with E-state index >= 15 is 0 Å². The second kappa shape index (κ2) is 5.46. The lowest BCUT2D eigenvalue weighted by molar-refractivity contribution is 0.288. The Labute approximate surface area is 114 Å². The van der Waals surface area contributed by atoms with Crippen LogP contribution in [-0.4, -0.2) is 21.0 Å². The molecule has 0 radical (unpaired) electrons. The van der Waals surface area contributed by atoms with Crippen LogP contribution in [0.15, 0.2) is 29.3 Å². The number of rotatable bonds is 4. The molecule has 96 valence electrons. The minimum Gasteiger partial charge on any atom is -0.490 e. The number of nitrogens with zero attached hydrogens (tertiary/aromatic N) is 3. The predicted octanol–water partition coefficient (Wildman–Crippen LogP) is 1.97. The number of halogens is 2. The van der Waals surface area contributed by atoms with Crippen molar-refractivity contribution in [2.24, 2.45) is 7.05 Å². The number of aromatic nitrogens is 3. The molecule has 0 saturated carbocycles. The average molecular weight is 288 g/mol. The molecule has 0 amide bonds. The number of hydrogen-bond acceptors (Lipinski definition) is 3. The van der Waals surface area contributed by atoms with Crippen LogP contribution in [0.25, 0.3) is 0 Å². The van der Waals surface area contributed by atoms with Gasteiger partial charge in [-0.25, -0.2) is 9.48 Å². The highest BCUT2D eigenvalue weighted by atomic mass is 35.5. The Bertz CT molecular complexity index is 607.